The molecule has 1 N–H and O–H groups in total. The van der Waals surface area contributed by atoms with Crippen LogP contribution >= 0.6 is 0 Å². The number of ether oxygens (including phenoxy) is 2. The summed E-state index contributed by atoms with van der Waals surface area (Å²) >= 11 is 0. The van der Waals surface area contributed by atoms with Crippen LogP contribution in [0.2, 0.25) is 0 Å². The van der Waals surface area contributed by atoms with E-state index in [0.717, 1.165) is 5.37 Å². The summed E-state index contributed by atoms with van der Waals surface area (Å²) in [4.78, 5) is 23.4. The minimum absolute atomic E-state index is 0.172. The van der Waals surface area contributed by atoms with Gasteiger partial charge in [0.1, 0.15) is 5.78 Å². The number of carbonyl (C=O) groups excluding carboxylic acids is 1. The smallest absolute Gasteiger partial charge is 0.307 e. The van der Waals surface area contributed by atoms with Gasteiger partial charge in [-0.25, -0.2) is 0 Å². The molecule has 2 aliphatic rings. The average molecular weight is 332 g/mol. The molecule has 8 heteroatoms. The van der Waals surface area contributed by atoms with Gasteiger partial charge in [-0.05, 0) is 26.7 Å². The summed E-state index contributed by atoms with van der Waals surface area (Å²) in [6.45, 7) is 3.79. The Kier molecular flexibility index (Phi) is 5.03. The van der Waals surface area contributed by atoms with E-state index < -0.39 is 39.8 Å². The molecule has 124 valence electrons. The summed E-state index contributed by atoms with van der Waals surface area (Å²) in [6.07, 6.45) is 0.313. The first-order valence-electron chi connectivity index (χ1n) is 7.20. The first kappa shape index (κ1) is 17.1. The van der Waals surface area contributed by atoms with Crippen molar-refractivity contribution in [1.29, 1.82) is 0 Å². The van der Waals surface area contributed by atoms with Crippen LogP contribution in [0.3, 0.4) is 0 Å². The fourth-order valence-electron chi connectivity index (χ4n) is 3.29. The molecule has 1 heterocycles. The highest BCUT2D eigenvalue weighted by molar-refractivity contribution is 7.71. The van der Waals surface area contributed by atoms with Crippen LogP contribution in [-0.2, 0) is 29.4 Å². The second-order valence-corrected chi connectivity index (χ2v) is 7.02. The minimum Gasteiger partial charge on any atom is -0.481 e. The molecule has 7 nitrogen and oxygen atoms in total. The largest absolute Gasteiger partial charge is 0.481 e. The van der Waals surface area contributed by atoms with Crippen LogP contribution in [-0.4, -0.2) is 49.1 Å². The molecule has 2 fully saturated rings. The van der Waals surface area contributed by atoms with Gasteiger partial charge in [-0.1, -0.05) is 0 Å². The van der Waals surface area contributed by atoms with E-state index in [0.29, 0.717) is 6.61 Å². The van der Waals surface area contributed by atoms with Crippen molar-refractivity contribution in [2.45, 2.75) is 45.0 Å². The van der Waals surface area contributed by atoms with Crippen LogP contribution < -0.4 is 0 Å². The van der Waals surface area contributed by atoms with Crippen molar-refractivity contribution >= 4 is 27.4 Å². The van der Waals surface area contributed by atoms with Crippen LogP contribution in [0.25, 0.3) is 0 Å². The fourth-order valence-corrected chi connectivity index (χ4v) is 3.86. The van der Waals surface area contributed by atoms with Crippen molar-refractivity contribution in [3.8, 4) is 0 Å². The molecule has 4 unspecified atom stereocenters. The topological polar surface area (TPSA) is 107 Å². The number of carboxylic acids is 1. The van der Waals surface area contributed by atoms with Crippen LogP contribution in [0, 0.1) is 17.8 Å². The lowest BCUT2D eigenvalue weighted by Crippen LogP contribution is -2.33. The van der Waals surface area contributed by atoms with Crippen LogP contribution in [0.1, 0.15) is 33.1 Å². The minimum atomic E-state index is -2.47. The van der Waals surface area contributed by atoms with Crippen molar-refractivity contribution in [2.24, 2.45) is 17.8 Å². The van der Waals surface area contributed by atoms with Crippen molar-refractivity contribution in [1.82, 2.24) is 0 Å². The molecule has 0 radical (unpaired) electrons. The first-order valence-corrected chi connectivity index (χ1v) is 8.34. The van der Waals surface area contributed by atoms with Crippen LogP contribution in [0.4, 0.5) is 0 Å². The molecule has 0 spiro atoms. The molecule has 0 aromatic rings. The Labute approximate surface area is 130 Å². The van der Waals surface area contributed by atoms with E-state index in [9.17, 15) is 23.1 Å². The number of hydrogen-bond donors (Lipinski definition) is 1. The number of aliphatic carboxylic acids is 1. The third kappa shape index (κ3) is 3.93. The number of Topliss-reactive ketones (excluding diaryl/α,β-unsaturated/α-hetero) is 1. The fraction of sp³-hybridized carbons (Fsp3) is 0.786. The van der Waals surface area contributed by atoms with E-state index >= 15 is 0 Å². The van der Waals surface area contributed by atoms with Gasteiger partial charge in [0.05, 0.1) is 18.6 Å². The molecule has 0 amide bonds. The van der Waals surface area contributed by atoms with Gasteiger partial charge >= 0.3 is 5.97 Å². The molecule has 4 atom stereocenters. The molecule has 0 bridgehead atoms. The average Bonchev–Trinajstić information content (AvgIpc) is 2.91. The van der Waals surface area contributed by atoms with E-state index in [1.54, 1.807) is 13.8 Å². The number of carboxylic acid groups (broad SMARTS) is 1. The SMILES string of the molecule is CC1(C)OCC(CC(C=S(=O)=O)C2C(=O)CCC2C(=O)O)O1. The van der Waals surface area contributed by atoms with Gasteiger partial charge in [-0.2, -0.15) is 8.42 Å². The lowest BCUT2D eigenvalue weighted by molar-refractivity contribution is -0.146. The van der Waals surface area contributed by atoms with Gasteiger partial charge < -0.3 is 14.6 Å². The number of rotatable bonds is 5. The monoisotopic (exact) mass is 332 g/mol. The van der Waals surface area contributed by atoms with Crippen LogP contribution in [0.5, 0.6) is 0 Å². The zero-order chi connectivity index (χ0) is 16.5. The summed E-state index contributed by atoms with van der Waals surface area (Å²) in [6, 6.07) is 0. The Hall–Kier alpha value is -1.25. The lowest BCUT2D eigenvalue weighted by atomic mass is 9.81. The summed E-state index contributed by atoms with van der Waals surface area (Å²) in [5.74, 6) is -4.35. The number of hydrogen-bond acceptors (Lipinski definition) is 6. The Bertz CT molecular complexity index is 584. The number of carbonyl (C=O) groups is 2. The normalized spacial score (nSPS) is 31.9. The highest BCUT2D eigenvalue weighted by Crippen LogP contribution is 2.37. The first-order chi connectivity index (χ1) is 10.2. The predicted octanol–water partition coefficient (Wildman–Crippen LogP) is 0.505. The molecule has 1 aliphatic carbocycles. The summed E-state index contributed by atoms with van der Waals surface area (Å²) < 4.78 is 33.2. The molecule has 22 heavy (non-hydrogen) atoms. The molecule has 2 rings (SSSR count). The molecule has 0 aromatic heterocycles. The molecular weight excluding hydrogens is 312 g/mol. The van der Waals surface area contributed by atoms with E-state index in [-0.39, 0.29) is 31.1 Å². The predicted molar refractivity (Wildman–Crippen MR) is 76.9 cm³/mol. The molecule has 1 saturated heterocycles. The van der Waals surface area contributed by atoms with E-state index in [4.69, 9.17) is 9.47 Å². The highest BCUT2D eigenvalue weighted by atomic mass is 32.2. The third-order valence-corrected chi connectivity index (χ3v) is 4.75. The van der Waals surface area contributed by atoms with Crippen molar-refractivity contribution in [2.75, 3.05) is 6.61 Å². The summed E-state index contributed by atoms with van der Waals surface area (Å²) in [5, 5.41) is 10.3. The standard InChI is InChI=1S/C14H20O7S/c1-14(2)20-6-9(21-14)5-8(7-22(18)19)12-10(13(16)17)3-4-11(12)15/h7-10,12H,3-6H2,1-2H3,(H,16,17). The van der Waals surface area contributed by atoms with Gasteiger partial charge in [0.25, 0.3) is 0 Å². The van der Waals surface area contributed by atoms with Gasteiger partial charge in [0.15, 0.2) is 5.79 Å². The van der Waals surface area contributed by atoms with Gasteiger partial charge in [0.2, 0.25) is 10.3 Å². The molecule has 1 aliphatic heterocycles. The van der Waals surface area contributed by atoms with Crippen molar-refractivity contribution in [3.05, 3.63) is 0 Å². The van der Waals surface area contributed by atoms with Crippen molar-refractivity contribution in [3.63, 3.8) is 0 Å². The quantitative estimate of drug-likeness (QED) is 0.731. The Balaban J connectivity index is 2.21. The number of ketones is 1. The zero-order valence-corrected chi connectivity index (χ0v) is 13.3. The van der Waals surface area contributed by atoms with E-state index in [1.165, 1.54) is 0 Å². The highest BCUT2D eigenvalue weighted by Gasteiger charge is 2.45. The Morgan fingerprint density at radius 3 is 2.68 bits per heavy atom. The van der Waals surface area contributed by atoms with E-state index in [2.05, 4.69) is 0 Å². The second-order valence-electron chi connectivity index (χ2n) is 6.22. The maximum Gasteiger partial charge on any atom is 0.307 e. The van der Waals surface area contributed by atoms with Crippen LogP contribution in [0.15, 0.2) is 0 Å². The Morgan fingerprint density at radius 1 is 1.50 bits per heavy atom. The second kappa shape index (κ2) is 6.47. The van der Waals surface area contributed by atoms with Gasteiger partial charge in [-0.3, -0.25) is 9.59 Å². The Morgan fingerprint density at radius 2 is 2.18 bits per heavy atom. The van der Waals surface area contributed by atoms with Gasteiger partial charge in [0, 0.05) is 23.6 Å². The van der Waals surface area contributed by atoms with E-state index in [1.807, 2.05) is 0 Å². The molecule has 0 aromatic carbocycles. The molecular formula is C14H20O7S. The summed E-state index contributed by atoms with van der Waals surface area (Å²) in [5.41, 5.74) is 0. The third-order valence-electron chi connectivity index (χ3n) is 4.17. The zero-order valence-electron chi connectivity index (χ0n) is 12.5. The lowest BCUT2D eigenvalue weighted by Gasteiger charge is -2.24. The molecule has 1 saturated carbocycles. The maximum atomic E-state index is 12.1. The summed E-state index contributed by atoms with van der Waals surface area (Å²) in [7, 11) is -2.47. The van der Waals surface area contributed by atoms with Crippen molar-refractivity contribution < 1.29 is 32.6 Å². The van der Waals surface area contributed by atoms with Gasteiger partial charge in [-0.15, -0.1) is 0 Å². The maximum absolute atomic E-state index is 12.1.